The van der Waals surface area contributed by atoms with Gasteiger partial charge in [-0.15, -0.1) is 0 Å². The van der Waals surface area contributed by atoms with E-state index in [9.17, 15) is 0 Å². The number of benzene rings is 2. The molecule has 2 aromatic carbocycles. The van der Waals surface area contributed by atoms with Crippen LogP contribution < -0.4 is 5.32 Å². The lowest BCUT2D eigenvalue weighted by molar-refractivity contribution is 0.425. The molecule has 0 aliphatic heterocycles. The fourth-order valence-corrected chi connectivity index (χ4v) is 2.28. The van der Waals surface area contributed by atoms with Gasteiger partial charge in [0.25, 0.3) is 0 Å². The van der Waals surface area contributed by atoms with Crippen molar-refractivity contribution in [1.82, 2.24) is 5.32 Å². The Morgan fingerprint density at radius 2 is 1.71 bits per heavy atom. The average molecular weight is 227 g/mol. The Labute approximate surface area is 104 Å². The second-order valence-electron chi connectivity index (χ2n) is 4.90. The van der Waals surface area contributed by atoms with E-state index in [-0.39, 0.29) is 0 Å². The highest BCUT2D eigenvalue weighted by Gasteiger charge is 2.11. The normalized spacial score (nSPS) is 14.8. The number of rotatable bonds is 4. The number of hydrogen-bond donors (Lipinski definition) is 1. The van der Waals surface area contributed by atoms with Crippen molar-refractivity contribution in [3.05, 3.63) is 48.0 Å². The number of fused-ring (bicyclic) bond motifs is 1. The van der Waals surface area contributed by atoms with Crippen LogP contribution in [0.15, 0.2) is 42.5 Å². The Balaban J connectivity index is 2.30. The molecule has 90 valence electrons. The van der Waals surface area contributed by atoms with E-state index in [1.807, 2.05) is 7.05 Å². The molecule has 0 bridgehead atoms. The first kappa shape index (κ1) is 12.1. The molecule has 1 heteroatoms. The van der Waals surface area contributed by atoms with E-state index in [1.165, 1.54) is 16.3 Å². The molecule has 2 atom stereocenters. The van der Waals surface area contributed by atoms with Crippen molar-refractivity contribution in [2.75, 3.05) is 7.05 Å². The highest BCUT2D eigenvalue weighted by atomic mass is 14.9. The predicted molar refractivity (Wildman–Crippen MR) is 75.3 cm³/mol. The monoisotopic (exact) mass is 227 g/mol. The van der Waals surface area contributed by atoms with Crippen molar-refractivity contribution in [2.24, 2.45) is 5.92 Å². The molecule has 1 N–H and O–H groups in total. The molecule has 0 spiro atoms. The molecule has 0 amide bonds. The van der Waals surface area contributed by atoms with Gasteiger partial charge in [-0.3, -0.25) is 0 Å². The van der Waals surface area contributed by atoms with Gasteiger partial charge < -0.3 is 5.32 Å². The van der Waals surface area contributed by atoms with Crippen LogP contribution in [-0.2, 0) is 6.42 Å². The van der Waals surface area contributed by atoms with Gasteiger partial charge in [0.1, 0.15) is 0 Å². The van der Waals surface area contributed by atoms with Gasteiger partial charge in [0.15, 0.2) is 0 Å². The third kappa shape index (κ3) is 2.67. The molecule has 2 aromatic rings. The van der Waals surface area contributed by atoms with Crippen molar-refractivity contribution >= 4 is 10.8 Å². The molecule has 17 heavy (non-hydrogen) atoms. The Morgan fingerprint density at radius 3 is 2.47 bits per heavy atom. The molecule has 2 rings (SSSR count). The Kier molecular flexibility index (Phi) is 3.80. The molecule has 0 saturated carbocycles. The maximum atomic E-state index is 3.33. The summed E-state index contributed by atoms with van der Waals surface area (Å²) < 4.78 is 0. The first-order valence-corrected chi connectivity index (χ1v) is 6.36. The van der Waals surface area contributed by atoms with Crippen molar-refractivity contribution < 1.29 is 0 Å². The van der Waals surface area contributed by atoms with Crippen LogP contribution in [0.4, 0.5) is 0 Å². The zero-order chi connectivity index (χ0) is 12.3. The quantitative estimate of drug-likeness (QED) is 0.841. The van der Waals surface area contributed by atoms with E-state index in [0.29, 0.717) is 12.0 Å². The van der Waals surface area contributed by atoms with Crippen molar-refractivity contribution in [3.8, 4) is 0 Å². The van der Waals surface area contributed by atoms with Gasteiger partial charge in [0.2, 0.25) is 0 Å². The lowest BCUT2D eigenvalue weighted by atomic mass is 9.92. The maximum Gasteiger partial charge on any atom is 0.00645 e. The first-order valence-electron chi connectivity index (χ1n) is 6.36. The highest BCUT2D eigenvalue weighted by molar-refractivity contribution is 5.85. The molecule has 1 nitrogen and oxygen atoms in total. The molecule has 2 unspecified atom stereocenters. The fourth-order valence-electron chi connectivity index (χ4n) is 2.28. The standard InChI is InChI=1S/C16H21N/c1-12(13(2)17-3)11-15-9-6-8-14-7-4-5-10-16(14)15/h4-10,12-13,17H,11H2,1-3H3. The molecule has 0 aromatic heterocycles. The maximum absolute atomic E-state index is 3.33. The molecule has 0 heterocycles. The first-order chi connectivity index (χ1) is 8.22. The lowest BCUT2D eigenvalue weighted by Gasteiger charge is -2.20. The lowest BCUT2D eigenvalue weighted by Crippen LogP contribution is -2.29. The second kappa shape index (κ2) is 5.33. The van der Waals surface area contributed by atoms with Gasteiger partial charge in [0.05, 0.1) is 0 Å². The van der Waals surface area contributed by atoms with E-state index < -0.39 is 0 Å². The van der Waals surface area contributed by atoms with Crippen LogP contribution in [0.5, 0.6) is 0 Å². The van der Waals surface area contributed by atoms with Crippen LogP contribution in [0, 0.1) is 5.92 Å². The molecule has 0 radical (unpaired) electrons. The van der Waals surface area contributed by atoms with Crippen LogP contribution >= 0.6 is 0 Å². The zero-order valence-corrected chi connectivity index (χ0v) is 10.9. The largest absolute Gasteiger partial charge is 0.317 e. The van der Waals surface area contributed by atoms with Gasteiger partial charge in [-0.05, 0) is 42.6 Å². The van der Waals surface area contributed by atoms with Crippen LogP contribution in [0.2, 0.25) is 0 Å². The van der Waals surface area contributed by atoms with E-state index in [4.69, 9.17) is 0 Å². The van der Waals surface area contributed by atoms with Crippen LogP contribution in [0.3, 0.4) is 0 Å². The van der Waals surface area contributed by atoms with E-state index >= 15 is 0 Å². The Bertz CT molecular complexity index is 484. The van der Waals surface area contributed by atoms with Crippen LogP contribution in [0.1, 0.15) is 19.4 Å². The van der Waals surface area contributed by atoms with E-state index in [2.05, 4.69) is 61.6 Å². The topological polar surface area (TPSA) is 12.0 Å². The SMILES string of the molecule is CNC(C)C(C)Cc1cccc2ccccc12. The summed E-state index contributed by atoms with van der Waals surface area (Å²) in [4.78, 5) is 0. The summed E-state index contributed by atoms with van der Waals surface area (Å²) in [6, 6.07) is 15.8. The summed E-state index contributed by atoms with van der Waals surface area (Å²) in [5.41, 5.74) is 1.46. The number of nitrogens with one attached hydrogen (secondary N) is 1. The molecule has 0 saturated heterocycles. The molecule has 0 aliphatic carbocycles. The summed E-state index contributed by atoms with van der Waals surface area (Å²) in [6.45, 7) is 4.55. The second-order valence-corrected chi connectivity index (χ2v) is 4.90. The average Bonchev–Trinajstić information content (AvgIpc) is 2.38. The predicted octanol–water partition coefficient (Wildman–Crippen LogP) is 3.63. The summed E-state index contributed by atoms with van der Waals surface area (Å²) in [6.07, 6.45) is 1.13. The van der Waals surface area contributed by atoms with Gasteiger partial charge >= 0.3 is 0 Å². The van der Waals surface area contributed by atoms with Gasteiger partial charge in [0, 0.05) is 6.04 Å². The van der Waals surface area contributed by atoms with Gasteiger partial charge in [-0.2, -0.15) is 0 Å². The Hall–Kier alpha value is -1.34. The third-order valence-electron chi connectivity index (χ3n) is 3.73. The van der Waals surface area contributed by atoms with Crippen molar-refractivity contribution in [3.63, 3.8) is 0 Å². The van der Waals surface area contributed by atoms with Crippen LogP contribution in [0.25, 0.3) is 10.8 Å². The molecular formula is C16H21N. The molecule has 0 aliphatic rings. The van der Waals surface area contributed by atoms with Crippen LogP contribution in [-0.4, -0.2) is 13.1 Å². The summed E-state index contributed by atoms with van der Waals surface area (Å²) >= 11 is 0. The van der Waals surface area contributed by atoms with Gasteiger partial charge in [-0.1, -0.05) is 49.4 Å². The minimum Gasteiger partial charge on any atom is -0.317 e. The van der Waals surface area contributed by atoms with Crippen molar-refractivity contribution in [1.29, 1.82) is 0 Å². The van der Waals surface area contributed by atoms with Crippen molar-refractivity contribution in [2.45, 2.75) is 26.3 Å². The Morgan fingerprint density at radius 1 is 1.00 bits per heavy atom. The summed E-state index contributed by atoms with van der Waals surface area (Å²) in [7, 11) is 2.03. The molecule has 0 fully saturated rings. The zero-order valence-electron chi connectivity index (χ0n) is 10.9. The summed E-state index contributed by atoms with van der Waals surface area (Å²) in [5, 5.41) is 6.07. The minimum absolute atomic E-state index is 0.550. The fraction of sp³-hybridized carbons (Fsp3) is 0.375. The van der Waals surface area contributed by atoms with E-state index in [1.54, 1.807) is 0 Å². The highest BCUT2D eigenvalue weighted by Crippen LogP contribution is 2.22. The smallest absolute Gasteiger partial charge is 0.00645 e. The third-order valence-corrected chi connectivity index (χ3v) is 3.73. The number of hydrogen-bond acceptors (Lipinski definition) is 1. The van der Waals surface area contributed by atoms with E-state index in [0.717, 1.165) is 6.42 Å². The summed E-state index contributed by atoms with van der Waals surface area (Å²) in [5.74, 6) is 0.644. The van der Waals surface area contributed by atoms with Gasteiger partial charge in [-0.25, -0.2) is 0 Å². The minimum atomic E-state index is 0.550. The molecular weight excluding hydrogens is 206 g/mol.